The number of nitro groups is 2. The van der Waals surface area contributed by atoms with Gasteiger partial charge < -0.3 is 14.6 Å². The molecule has 1 heterocycles. The molecule has 0 radical (unpaired) electrons. The molecule has 0 saturated carbocycles. The van der Waals surface area contributed by atoms with Crippen molar-refractivity contribution in [2.45, 2.75) is 26.7 Å². The van der Waals surface area contributed by atoms with E-state index in [-0.39, 0.29) is 31.1 Å². The van der Waals surface area contributed by atoms with E-state index in [0.717, 1.165) is 29.0 Å². The number of nitrogens with zero attached hydrogens (tertiary/aromatic N) is 4. The Labute approximate surface area is 168 Å². The van der Waals surface area contributed by atoms with E-state index >= 15 is 0 Å². The third-order valence-corrected chi connectivity index (χ3v) is 3.90. The fraction of sp³-hybridized carbons (Fsp3) is 0.353. The van der Waals surface area contributed by atoms with E-state index < -0.39 is 44.6 Å². The number of hydrogen-bond acceptors (Lipinski definition) is 9. The summed E-state index contributed by atoms with van der Waals surface area (Å²) in [5.74, 6) is -1.73. The highest BCUT2D eigenvalue weighted by Crippen LogP contribution is 2.28. The Morgan fingerprint density at radius 3 is 2.10 bits per heavy atom. The minimum Gasteiger partial charge on any atom is -0.477 e. The smallest absolute Gasteiger partial charge is 0.342 e. The first kappa shape index (κ1) is 22.6. The number of hydrogen-bond donors (Lipinski definition) is 1. The van der Waals surface area contributed by atoms with E-state index in [2.05, 4.69) is 4.98 Å². The number of ether oxygens (including phenoxy) is 2. The fourth-order valence-electron chi connectivity index (χ4n) is 2.65. The Bertz CT molecular complexity index is 996. The molecule has 0 saturated heterocycles. The van der Waals surface area contributed by atoms with Crippen molar-refractivity contribution in [1.29, 1.82) is 0 Å². The second kappa shape index (κ2) is 9.67. The third kappa shape index (κ3) is 5.01. The number of nitro benzene ring substituents is 2. The van der Waals surface area contributed by atoms with Gasteiger partial charge in [-0.3, -0.25) is 29.6 Å². The molecule has 0 aliphatic carbocycles. The molecule has 0 amide bonds. The van der Waals surface area contributed by atoms with Crippen LogP contribution in [0.25, 0.3) is 11.4 Å². The number of carbonyl (C=O) groups is 1. The molecule has 13 heteroatoms. The maximum atomic E-state index is 12.7. The van der Waals surface area contributed by atoms with Gasteiger partial charge in [-0.2, -0.15) is 0 Å². The molecule has 2 aromatic rings. The molecule has 0 unspecified atom stereocenters. The highest BCUT2D eigenvalue weighted by Gasteiger charge is 2.24. The predicted molar refractivity (Wildman–Crippen MR) is 101 cm³/mol. The van der Waals surface area contributed by atoms with E-state index in [1.54, 1.807) is 13.8 Å². The summed E-state index contributed by atoms with van der Waals surface area (Å²) in [5.41, 5.74) is -2.91. The van der Waals surface area contributed by atoms with Gasteiger partial charge in [-0.05, 0) is 13.8 Å². The van der Waals surface area contributed by atoms with E-state index in [9.17, 15) is 34.9 Å². The van der Waals surface area contributed by atoms with Crippen LogP contribution < -0.4 is 5.56 Å². The van der Waals surface area contributed by atoms with Crippen LogP contribution >= 0.6 is 0 Å². The molecule has 1 aromatic carbocycles. The zero-order chi connectivity index (χ0) is 22.4. The lowest BCUT2D eigenvalue weighted by molar-refractivity contribution is -0.394. The summed E-state index contributed by atoms with van der Waals surface area (Å²) < 4.78 is 11.7. The zero-order valence-electron chi connectivity index (χ0n) is 16.0. The van der Waals surface area contributed by atoms with E-state index in [0.29, 0.717) is 0 Å². The average Bonchev–Trinajstić information content (AvgIpc) is 2.69. The van der Waals surface area contributed by atoms with Crippen LogP contribution in [0.5, 0.6) is 0 Å². The topological polar surface area (TPSA) is 177 Å². The first-order valence-electron chi connectivity index (χ1n) is 8.70. The Hall–Kier alpha value is -3.71. The summed E-state index contributed by atoms with van der Waals surface area (Å²) in [4.78, 5) is 48.7. The molecule has 0 atom stereocenters. The van der Waals surface area contributed by atoms with E-state index in [1.165, 1.54) is 0 Å². The second-order valence-electron chi connectivity index (χ2n) is 5.81. The van der Waals surface area contributed by atoms with Crippen LogP contribution in [0.3, 0.4) is 0 Å². The molecular weight excluding hydrogens is 404 g/mol. The SMILES string of the molecule is CCOC(Cn1c(-c2cc([N+](=O)[O-])cc([N+](=O)[O-])c2)ncc(C(=O)O)c1=O)OCC. The maximum Gasteiger partial charge on any atom is 0.342 e. The minimum atomic E-state index is -1.53. The van der Waals surface area contributed by atoms with Gasteiger partial charge in [0.25, 0.3) is 16.9 Å². The monoisotopic (exact) mass is 422 g/mol. The maximum absolute atomic E-state index is 12.7. The van der Waals surface area contributed by atoms with Crippen LogP contribution in [0.1, 0.15) is 24.2 Å². The highest BCUT2D eigenvalue weighted by atomic mass is 16.7. The van der Waals surface area contributed by atoms with Crippen molar-refractivity contribution in [2.24, 2.45) is 0 Å². The van der Waals surface area contributed by atoms with Crippen LogP contribution in [0, 0.1) is 20.2 Å². The second-order valence-corrected chi connectivity index (χ2v) is 5.81. The summed E-state index contributed by atoms with van der Waals surface area (Å²) in [6.45, 7) is 3.53. The van der Waals surface area contributed by atoms with Crippen molar-refractivity contribution in [3.8, 4) is 11.4 Å². The van der Waals surface area contributed by atoms with Gasteiger partial charge in [0.05, 0.1) is 22.5 Å². The number of non-ortho nitro benzene ring substituents is 2. The normalized spacial score (nSPS) is 10.9. The van der Waals surface area contributed by atoms with Crippen molar-refractivity contribution < 1.29 is 29.2 Å². The molecule has 2 rings (SSSR count). The average molecular weight is 422 g/mol. The van der Waals surface area contributed by atoms with Gasteiger partial charge in [-0.1, -0.05) is 0 Å². The first-order valence-corrected chi connectivity index (χ1v) is 8.70. The van der Waals surface area contributed by atoms with Gasteiger partial charge in [-0.25, -0.2) is 9.78 Å². The molecule has 13 nitrogen and oxygen atoms in total. The number of benzene rings is 1. The first-order chi connectivity index (χ1) is 14.2. The number of aromatic nitrogens is 2. The van der Waals surface area contributed by atoms with Crippen molar-refractivity contribution in [3.63, 3.8) is 0 Å². The number of rotatable bonds is 10. The van der Waals surface area contributed by atoms with Gasteiger partial charge in [0.1, 0.15) is 11.4 Å². The van der Waals surface area contributed by atoms with Crippen LogP contribution in [-0.4, -0.2) is 50.0 Å². The molecule has 160 valence electrons. The van der Waals surface area contributed by atoms with Gasteiger partial charge in [0.2, 0.25) is 0 Å². The van der Waals surface area contributed by atoms with E-state index in [1.807, 2.05) is 0 Å². The zero-order valence-corrected chi connectivity index (χ0v) is 16.0. The fourth-order valence-corrected chi connectivity index (χ4v) is 2.65. The summed E-state index contributed by atoms with van der Waals surface area (Å²) in [5, 5.41) is 31.6. The van der Waals surface area contributed by atoms with Gasteiger partial charge in [-0.15, -0.1) is 0 Å². The highest BCUT2D eigenvalue weighted by molar-refractivity contribution is 5.87. The summed E-state index contributed by atoms with van der Waals surface area (Å²) >= 11 is 0. The lowest BCUT2D eigenvalue weighted by Crippen LogP contribution is -2.34. The summed E-state index contributed by atoms with van der Waals surface area (Å²) in [6, 6.07) is 2.77. The summed E-state index contributed by atoms with van der Waals surface area (Å²) in [7, 11) is 0. The molecule has 1 N–H and O–H groups in total. The largest absolute Gasteiger partial charge is 0.477 e. The molecule has 0 fully saturated rings. The Morgan fingerprint density at radius 1 is 1.13 bits per heavy atom. The standard InChI is InChI=1S/C17H18N4O9/c1-3-29-14(30-4-2)9-19-15(18-8-13(16(19)22)17(23)24)10-5-11(20(25)26)7-12(6-10)21(27)28/h5-8,14H,3-4,9H2,1-2H3,(H,23,24). The minimum absolute atomic E-state index is 0.114. The summed E-state index contributed by atoms with van der Waals surface area (Å²) in [6.07, 6.45) is -0.159. The molecule has 30 heavy (non-hydrogen) atoms. The molecule has 1 aromatic heterocycles. The Morgan fingerprint density at radius 2 is 1.67 bits per heavy atom. The van der Waals surface area contributed by atoms with Gasteiger partial charge in [0.15, 0.2) is 6.29 Å². The Balaban J connectivity index is 2.75. The van der Waals surface area contributed by atoms with Crippen molar-refractivity contribution >= 4 is 17.3 Å². The van der Waals surface area contributed by atoms with Gasteiger partial charge in [0, 0.05) is 37.1 Å². The van der Waals surface area contributed by atoms with Crippen molar-refractivity contribution in [3.05, 3.63) is 60.5 Å². The van der Waals surface area contributed by atoms with Crippen LogP contribution in [0.15, 0.2) is 29.2 Å². The van der Waals surface area contributed by atoms with Gasteiger partial charge >= 0.3 is 5.97 Å². The van der Waals surface area contributed by atoms with Crippen LogP contribution in [-0.2, 0) is 16.0 Å². The lowest BCUT2D eigenvalue weighted by Gasteiger charge is -2.20. The van der Waals surface area contributed by atoms with Crippen LogP contribution in [0.4, 0.5) is 11.4 Å². The quantitative estimate of drug-likeness (QED) is 0.337. The molecular formula is C17H18N4O9. The predicted octanol–water partition coefficient (Wildman–Crippen LogP) is 1.82. The molecule has 0 aliphatic heterocycles. The third-order valence-electron chi connectivity index (χ3n) is 3.90. The number of carboxylic acid groups (broad SMARTS) is 1. The molecule has 0 aliphatic rings. The van der Waals surface area contributed by atoms with Crippen molar-refractivity contribution in [2.75, 3.05) is 13.2 Å². The van der Waals surface area contributed by atoms with E-state index in [4.69, 9.17) is 9.47 Å². The number of carboxylic acids is 1. The molecule has 0 bridgehead atoms. The Kier molecular flexibility index (Phi) is 7.27. The number of aromatic carboxylic acids is 1. The van der Waals surface area contributed by atoms with Crippen molar-refractivity contribution in [1.82, 2.24) is 9.55 Å². The van der Waals surface area contributed by atoms with Crippen LogP contribution in [0.2, 0.25) is 0 Å². The molecule has 0 spiro atoms. The lowest BCUT2D eigenvalue weighted by atomic mass is 10.1.